The molecule has 166 valence electrons. The van der Waals surface area contributed by atoms with Crippen LogP contribution in [0.5, 0.6) is 0 Å². The zero-order valence-electron chi connectivity index (χ0n) is 18.5. The van der Waals surface area contributed by atoms with Gasteiger partial charge >= 0.3 is 0 Å². The largest absolute Gasteiger partial charge is 0.481 e. The first-order chi connectivity index (χ1) is 14.8. The highest BCUT2D eigenvalue weighted by molar-refractivity contribution is 6.31. The van der Waals surface area contributed by atoms with E-state index in [-0.39, 0.29) is 17.4 Å². The van der Waals surface area contributed by atoms with Gasteiger partial charge in [-0.05, 0) is 67.9 Å². The minimum absolute atomic E-state index is 0.212. The molecule has 1 saturated heterocycles. The summed E-state index contributed by atoms with van der Waals surface area (Å²) >= 11 is 12.1. The molecule has 1 heterocycles. The molecule has 31 heavy (non-hydrogen) atoms. The number of ether oxygens (including phenoxy) is 1. The van der Waals surface area contributed by atoms with Crippen LogP contribution in [0.3, 0.4) is 0 Å². The summed E-state index contributed by atoms with van der Waals surface area (Å²) in [5.41, 5.74) is 1.83. The van der Waals surface area contributed by atoms with Crippen molar-refractivity contribution in [3.05, 3.63) is 69.7 Å². The molecule has 0 radical (unpaired) electrons. The number of fused-ring (bicyclic) bond motifs is 1. The summed E-state index contributed by atoms with van der Waals surface area (Å²) in [6, 6.07) is 15.7. The fraction of sp³-hybridized carbons (Fsp3) is 0.440. The number of nitrogens with one attached hydrogen (secondary N) is 1. The zero-order chi connectivity index (χ0) is 22.6. The van der Waals surface area contributed by atoms with Crippen molar-refractivity contribution in [3.8, 4) is 0 Å². The Bertz CT molecular complexity index is 948. The van der Waals surface area contributed by atoms with E-state index in [1.807, 2.05) is 42.5 Å². The molecule has 1 saturated carbocycles. The van der Waals surface area contributed by atoms with E-state index in [0.717, 1.165) is 34.9 Å². The molecule has 4 nitrogen and oxygen atoms in total. The van der Waals surface area contributed by atoms with E-state index in [2.05, 4.69) is 30.2 Å². The predicted octanol–water partition coefficient (Wildman–Crippen LogP) is 6.11. The molecule has 2 aliphatic rings. The predicted molar refractivity (Wildman–Crippen MR) is 128 cm³/mol. The molecule has 4 atom stereocenters. The van der Waals surface area contributed by atoms with Crippen LogP contribution in [0.25, 0.3) is 0 Å². The van der Waals surface area contributed by atoms with Crippen molar-refractivity contribution in [2.45, 2.75) is 45.1 Å². The average molecular weight is 461 g/mol. The van der Waals surface area contributed by atoms with Gasteiger partial charge in [0.15, 0.2) is 0 Å². The van der Waals surface area contributed by atoms with Crippen LogP contribution in [0.4, 0.5) is 0 Å². The second-order valence-corrected chi connectivity index (χ2v) is 9.37. The van der Waals surface area contributed by atoms with Gasteiger partial charge in [-0.1, -0.05) is 54.4 Å². The highest BCUT2D eigenvalue weighted by atomic mass is 35.5. The summed E-state index contributed by atoms with van der Waals surface area (Å²) in [4.78, 5) is 16.4. The molecule has 1 aliphatic carbocycles. The number of hydrogen-bond donors (Lipinski definition) is 1. The fourth-order valence-corrected chi connectivity index (χ4v) is 5.36. The fourth-order valence-electron chi connectivity index (χ4n) is 4.88. The molecule has 0 spiro atoms. The number of amides is 1. The lowest BCUT2D eigenvalue weighted by atomic mass is 9.63. The van der Waals surface area contributed by atoms with Crippen LogP contribution in [0.2, 0.25) is 10.0 Å². The topological polar surface area (TPSA) is 50.7 Å². The SMILES string of the molecule is CN=C(OC)c1ccc(C2CCC3(C)C(=O)NC(C)C3C2)c(Cl)c1.Clc1ccccc1. The van der Waals surface area contributed by atoms with E-state index in [1.165, 1.54) is 5.56 Å². The number of methoxy groups -OCH3 is 1. The van der Waals surface area contributed by atoms with Crippen molar-refractivity contribution in [1.29, 1.82) is 0 Å². The number of benzene rings is 2. The monoisotopic (exact) mass is 460 g/mol. The molecular formula is C25H30Cl2N2O2. The molecule has 2 fully saturated rings. The van der Waals surface area contributed by atoms with Crippen LogP contribution in [-0.2, 0) is 9.53 Å². The maximum Gasteiger partial charge on any atom is 0.226 e. The minimum Gasteiger partial charge on any atom is -0.481 e. The Morgan fingerprint density at radius 1 is 1.19 bits per heavy atom. The Morgan fingerprint density at radius 2 is 1.90 bits per heavy atom. The van der Waals surface area contributed by atoms with Crippen LogP contribution < -0.4 is 5.32 Å². The molecule has 2 aromatic rings. The maximum absolute atomic E-state index is 12.3. The lowest BCUT2D eigenvalue weighted by molar-refractivity contribution is -0.129. The number of hydrogen-bond acceptors (Lipinski definition) is 3. The molecular weight excluding hydrogens is 431 g/mol. The molecule has 6 heteroatoms. The van der Waals surface area contributed by atoms with Crippen molar-refractivity contribution in [2.75, 3.05) is 14.2 Å². The molecule has 4 unspecified atom stereocenters. The van der Waals surface area contributed by atoms with Crippen LogP contribution >= 0.6 is 23.2 Å². The third-order valence-corrected chi connectivity index (χ3v) is 7.25. The number of carbonyl (C=O) groups is 1. The summed E-state index contributed by atoms with van der Waals surface area (Å²) in [5.74, 6) is 1.55. The van der Waals surface area contributed by atoms with Gasteiger partial charge in [0.2, 0.25) is 11.8 Å². The van der Waals surface area contributed by atoms with Crippen LogP contribution in [0, 0.1) is 11.3 Å². The molecule has 0 aromatic heterocycles. The first kappa shape index (κ1) is 23.6. The molecule has 0 bridgehead atoms. The standard InChI is InChI=1S/C19H25ClN2O2.C6H5Cl/c1-11-15-9-12(7-8-19(15,2)18(23)22-11)14-6-5-13(10-16(14)20)17(21-3)24-4;7-6-4-2-1-3-5-6/h5-6,10-12,15H,7-9H2,1-4H3,(H,22,23);1-5H. The van der Waals surface area contributed by atoms with E-state index in [4.69, 9.17) is 27.9 Å². The summed E-state index contributed by atoms with van der Waals surface area (Å²) in [6.07, 6.45) is 2.90. The van der Waals surface area contributed by atoms with E-state index in [0.29, 0.717) is 17.7 Å². The molecule has 1 N–H and O–H groups in total. The van der Waals surface area contributed by atoms with Gasteiger partial charge in [0, 0.05) is 28.7 Å². The van der Waals surface area contributed by atoms with Gasteiger partial charge in [-0.25, -0.2) is 0 Å². The van der Waals surface area contributed by atoms with Gasteiger partial charge in [-0.15, -0.1) is 0 Å². The van der Waals surface area contributed by atoms with Gasteiger partial charge in [0.05, 0.1) is 12.5 Å². The highest BCUT2D eigenvalue weighted by Gasteiger charge is 2.52. The number of carbonyl (C=O) groups excluding carboxylic acids is 1. The molecule has 1 amide bonds. The summed E-state index contributed by atoms with van der Waals surface area (Å²) in [7, 11) is 3.31. The van der Waals surface area contributed by atoms with E-state index < -0.39 is 0 Å². The number of aliphatic imine (C=N–C) groups is 1. The smallest absolute Gasteiger partial charge is 0.226 e. The van der Waals surface area contributed by atoms with Crippen molar-refractivity contribution >= 4 is 35.0 Å². The van der Waals surface area contributed by atoms with Crippen LogP contribution in [0.1, 0.15) is 50.2 Å². The summed E-state index contributed by atoms with van der Waals surface area (Å²) in [5, 5.41) is 4.67. The quantitative estimate of drug-likeness (QED) is 0.433. The van der Waals surface area contributed by atoms with Gasteiger partial charge in [-0.2, -0.15) is 0 Å². The van der Waals surface area contributed by atoms with E-state index in [1.54, 1.807) is 14.2 Å². The average Bonchev–Trinajstić information content (AvgIpc) is 2.98. The maximum atomic E-state index is 12.3. The Labute approximate surface area is 195 Å². The van der Waals surface area contributed by atoms with Gasteiger partial charge in [0.1, 0.15) is 0 Å². The molecule has 2 aromatic carbocycles. The van der Waals surface area contributed by atoms with Gasteiger partial charge in [0.25, 0.3) is 0 Å². The number of halogens is 2. The Morgan fingerprint density at radius 3 is 2.45 bits per heavy atom. The Kier molecular flexibility index (Phi) is 7.66. The van der Waals surface area contributed by atoms with Gasteiger partial charge in [-0.3, -0.25) is 9.79 Å². The molecule has 4 rings (SSSR count). The van der Waals surface area contributed by atoms with Crippen molar-refractivity contribution < 1.29 is 9.53 Å². The highest BCUT2D eigenvalue weighted by Crippen LogP contribution is 2.52. The number of nitrogens with zero attached hydrogens (tertiary/aromatic N) is 1. The first-order valence-electron chi connectivity index (χ1n) is 10.6. The van der Waals surface area contributed by atoms with Crippen molar-refractivity contribution in [3.63, 3.8) is 0 Å². The minimum atomic E-state index is -0.222. The van der Waals surface area contributed by atoms with E-state index >= 15 is 0 Å². The Balaban J connectivity index is 0.000000330. The van der Waals surface area contributed by atoms with Crippen molar-refractivity contribution in [2.24, 2.45) is 16.3 Å². The van der Waals surface area contributed by atoms with Crippen LogP contribution in [0.15, 0.2) is 53.5 Å². The third-order valence-electron chi connectivity index (χ3n) is 6.67. The zero-order valence-corrected chi connectivity index (χ0v) is 20.0. The Hall–Kier alpha value is -2.04. The third kappa shape index (κ3) is 5.07. The van der Waals surface area contributed by atoms with Gasteiger partial charge < -0.3 is 10.1 Å². The lowest BCUT2D eigenvalue weighted by Gasteiger charge is -2.39. The first-order valence-corrected chi connectivity index (χ1v) is 11.4. The number of rotatable bonds is 2. The lowest BCUT2D eigenvalue weighted by Crippen LogP contribution is -2.36. The second-order valence-electron chi connectivity index (χ2n) is 8.52. The normalized spacial score (nSPS) is 27.6. The van der Waals surface area contributed by atoms with E-state index in [9.17, 15) is 4.79 Å². The molecule has 1 aliphatic heterocycles. The van der Waals surface area contributed by atoms with Crippen LogP contribution in [-0.4, -0.2) is 32.0 Å². The second kappa shape index (κ2) is 10.1. The summed E-state index contributed by atoms with van der Waals surface area (Å²) < 4.78 is 5.27. The summed E-state index contributed by atoms with van der Waals surface area (Å²) in [6.45, 7) is 4.23. The van der Waals surface area contributed by atoms with Crippen molar-refractivity contribution in [1.82, 2.24) is 5.32 Å².